The van der Waals surface area contributed by atoms with Gasteiger partial charge in [-0.15, -0.1) is 0 Å². The second-order valence-corrected chi connectivity index (χ2v) is 5.61. The van der Waals surface area contributed by atoms with Gasteiger partial charge in [0, 0.05) is 13.0 Å². The molecule has 1 unspecified atom stereocenters. The lowest BCUT2D eigenvalue weighted by Crippen LogP contribution is -2.31. The highest BCUT2D eigenvalue weighted by atomic mass is 16.5. The van der Waals surface area contributed by atoms with Crippen LogP contribution in [0.25, 0.3) is 0 Å². The summed E-state index contributed by atoms with van der Waals surface area (Å²) in [7, 11) is 0. The van der Waals surface area contributed by atoms with E-state index < -0.39 is 0 Å². The monoisotopic (exact) mass is 290 g/mol. The number of benzene rings is 1. The molecule has 116 valence electrons. The van der Waals surface area contributed by atoms with E-state index in [1.54, 1.807) is 0 Å². The molecule has 4 nitrogen and oxygen atoms in total. The van der Waals surface area contributed by atoms with Crippen molar-refractivity contribution in [3.05, 3.63) is 24.3 Å². The van der Waals surface area contributed by atoms with Gasteiger partial charge < -0.3 is 15.4 Å². The molecular weight excluding hydrogens is 264 g/mol. The SMILES string of the molecule is CCC(CCN)CCC(=O)N1CCCOc2ccccc21. The molecule has 0 bridgehead atoms. The molecule has 0 saturated heterocycles. The number of anilines is 1. The molecule has 1 aromatic carbocycles. The topological polar surface area (TPSA) is 55.6 Å². The number of para-hydroxylation sites is 2. The zero-order valence-corrected chi connectivity index (χ0v) is 12.9. The van der Waals surface area contributed by atoms with Crippen molar-refractivity contribution in [2.45, 2.75) is 39.0 Å². The Morgan fingerprint density at radius 2 is 2.19 bits per heavy atom. The number of hydrogen-bond acceptors (Lipinski definition) is 3. The molecule has 0 aromatic heterocycles. The van der Waals surface area contributed by atoms with Gasteiger partial charge in [0.1, 0.15) is 5.75 Å². The van der Waals surface area contributed by atoms with E-state index in [-0.39, 0.29) is 5.91 Å². The molecule has 1 amide bonds. The van der Waals surface area contributed by atoms with Crippen LogP contribution in [0.3, 0.4) is 0 Å². The van der Waals surface area contributed by atoms with E-state index >= 15 is 0 Å². The molecule has 1 aromatic rings. The average molecular weight is 290 g/mol. The van der Waals surface area contributed by atoms with Crippen molar-refractivity contribution in [1.29, 1.82) is 0 Å². The van der Waals surface area contributed by atoms with Crippen molar-refractivity contribution in [3.8, 4) is 5.75 Å². The van der Waals surface area contributed by atoms with Crippen molar-refractivity contribution in [1.82, 2.24) is 0 Å². The Morgan fingerprint density at radius 1 is 1.38 bits per heavy atom. The van der Waals surface area contributed by atoms with Gasteiger partial charge in [-0.3, -0.25) is 4.79 Å². The summed E-state index contributed by atoms with van der Waals surface area (Å²) < 4.78 is 5.70. The number of rotatable bonds is 6. The largest absolute Gasteiger partial charge is 0.491 e. The first kappa shape index (κ1) is 15.8. The molecular formula is C17H26N2O2. The van der Waals surface area contributed by atoms with Gasteiger partial charge in [0.15, 0.2) is 0 Å². The zero-order valence-electron chi connectivity index (χ0n) is 12.9. The van der Waals surface area contributed by atoms with Gasteiger partial charge >= 0.3 is 0 Å². The minimum atomic E-state index is 0.198. The van der Waals surface area contributed by atoms with Gasteiger partial charge in [0.25, 0.3) is 0 Å². The van der Waals surface area contributed by atoms with Crippen LogP contribution in [0.1, 0.15) is 39.0 Å². The van der Waals surface area contributed by atoms with Crippen LogP contribution in [0, 0.1) is 5.92 Å². The molecule has 21 heavy (non-hydrogen) atoms. The Morgan fingerprint density at radius 3 is 2.95 bits per heavy atom. The summed E-state index contributed by atoms with van der Waals surface area (Å²) in [5.74, 6) is 1.57. The maximum absolute atomic E-state index is 12.6. The Hall–Kier alpha value is -1.55. The highest BCUT2D eigenvalue weighted by Gasteiger charge is 2.22. The van der Waals surface area contributed by atoms with Gasteiger partial charge in [-0.2, -0.15) is 0 Å². The highest BCUT2D eigenvalue weighted by molar-refractivity contribution is 5.94. The molecule has 1 aliphatic rings. The maximum Gasteiger partial charge on any atom is 0.227 e. The molecule has 2 rings (SSSR count). The lowest BCUT2D eigenvalue weighted by atomic mass is 9.96. The summed E-state index contributed by atoms with van der Waals surface area (Å²) in [6.45, 7) is 4.28. The Balaban J connectivity index is 2.01. The second-order valence-electron chi connectivity index (χ2n) is 5.61. The molecule has 1 atom stereocenters. The number of ether oxygens (including phenoxy) is 1. The fourth-order valence-corrected chi connectivity index (χ4v) is 2.84. The third kappa shape index (κ3) is 4.21. The molecule has 0 fully saturated rings. The summed E-state index contributed by atoms with van der Waals surface area (Å²) in [5.41, 5.74) is 6.54. The number of carbonyl (C=O) groups is 1. The molecule has 0 aliphatic carbocycles. The molecule has 0 radical (unpaired) electrons. The smallest absolute Gasteiger partial charge is 0.227 e. The number of fused-ring (bicyclic) bond motifs is 1. The number of carbonyl (C=O) groups excluding carboxylic acids is 1. The lowest BCUT2D eigenvalue weighted by molar-refractivity contribution is -0.118. The number of hydrogen-bond donors (Lipinski definition) is 1. The first-order valence-electron chi connectivity index (χ1n) is 7.98. The number of amides is 1. The van der Waals surface area contributed by atoms with Crippen molar-refractivity contribution in [2.75, 3.05) is 24.6 Å². The second kappa shape index (κ2) is 8.03. The molecule has 4 heteroatoms. The quantitative estimate of drug-likeness (QED) is 0.876. The van der Waals surface area contributed by atoms with Crippen LogP contribution in [0.15, 0.2) is 24.3 Å². The number of nitrogens with two attached hydrogens (primary N) is 1. The standard InChI is InChI=1S/C17H26N2O2/c1-2-14(10-11-18)8-9-17(20)19-12-5-13-21-16-7-4-3-6-15(16)19/h3-4,6-7,14H,2,5,8-13,18H2,1H3. The van der Waals surface area contributed by atoms with Crippen molar-refractivity contribution >= 4 is 11.6 Å². The third-order valence-corrected chi connectivity index (χ3v) is 4.16. The van der Waals surface area contributed by atoms with Gasteiger partial charge in [0.05, 0.1) is 12.3 Å². The van der Waals surface area contributed by atoms with Gasteiger partial charge in [-0.1, -0.05) is 25.5 Å². The Bertz CT molecular complexity index is 462. The zero-order chi connectivity index (χ0) is 15.1. The number of nitrogens with zero attached hydrogens (tertiary/aromatic N) is 1. The summed E-state index contributed by atoms with van der Waals surface area (Å²) in [5, 5.41) is 0. The van der Waals surface area contributed by atoms with Crippen LogP contribution in [-0.4, -0.2) is 25.6 Å². The first-order chi connectivity index (χ1) is 10.3. The summed E-state index contributed by atoms with van der Waals surface area (Å²) in [4.78, 5) is 14.5. The molecule has 0 saturated carbocycles. The fourth-order valence-electron chi connectivity index (χ4n) is 2.84. The Labute approximate surface area is 127 Å². The molecule has 1 heterocycles. The predicted octanol–water partition coefficient (Wildman–Crippen LogP) is 2.96. The highest BCUT2D eigenvalue weighted by Crippen LogP contribution is 2.31. The fraction of sp³-hybridized carbons (Fsp3) is 0.588. The van der Waals surface area contributed by atoms with Gasteiger partial charge in [-0.25, -0.2) is 0 Å². The van der Waals surface area contributed by atoms with Crippen molar-refractivity contribution in [3.63, 3.8) is 0 Å². The summed E-state index contributed by atoms with van der Waals surface area (Å²) in [6.07, 6.45) is 4.48. The van der Waals surface area contributed by atoms with E-state index in [9.17, 15) is 4.79 Å². The third-order valence-electron chi connectivity index (χ3n) is 4.16. The average Bonchev–Trinajstić information content (AvgIpc) is 2.73. The summed E-state index contributed by atoms with van der Waals surface area (Å²) in [6, 6.07) is 7.80. The van der Waals surface area contributed by atoms with Crippen LogP contribution in [-0.2, 0) is 4.79 Å². The van der Waals surface area contributed by atoms with Crippen LogP contribution in [0.4, 0.5) is 5.69 Å². The maximum atomic E-state index is 12.6. The van der Waals surface area contributed by atoms with E-state index in [1.165, 1.54) is 0 Å². The van der Waals surface area contributed by atoms with Crippen LogP contribution in [0.2, 0.25) is 0 Å². The predicted molar refractivity (Wildman–Crippen MR) is 85.6 cm³/mol. The van der Waals surface area contributed by atoms with Gasteiger partial charge in [-0.05, 0) is 43.9 Å². The molecule has 2 N–H and O–H groups in total. The van der Waals surface area contributed by atoms with Crippen LogP contribution >= 0.6 is 0 Å². The van der Waals surface area contributed by atoms with E-state index in [2.05, 4.69) is 6.92 Å². The molecule has 1 aliphatic heterocycles. The normalized spacial score (nSPS) is 15.8. The van der Waals surface area contributed by atoms with E-state index in [0.29, 0.717) is 25.5 Å². The van der Waals surface area contributed by atoms with Gasteiger partial charge in [0.2, 0.25) is 5.91 Å². The minimum absolute atomic E-state index is 0.198. The Kier molecular flexibility index (Phi) is 6.05. The van der Waals surface area contributed by atoms with Crippen LogP contribution in [0.5, 0.6) is 5.75 Å². The van der Waals surface area contributed by atoms with E-state index in [4.69, 9.17) is 10.5 Å². The van der Waals surface area contributed by atoms with Crippen LogP contribution < -0.4 is 15.4 Å². The molecule has 0 spiro atoms. The first-order valence-corrected chi connectivity index (χ1v) is 7.98. The van der Waals surface area contributed by atoms with Crippen molar-refractivity contribution in [2.24, 2.45) is 11.7 Å². The lowest BCUT2D eigenvalue weighted by Gasteiger charge is -2.23. The van der Waals surface area contributed by atoms with E-state index in [1.807, 2.05) is 29.2 Å². The van der Waals surface area contributed by atoms with Crippen molar-refractivity contribution < 1.29 is 9.53 Å². The minimum Gasteiger partial charge on any atom is -0.491 e. The summed E-state index contributed by atoms with van der Waals surface area (Å²) >= 11 is 0. The van der Waals surface area contributed by atoms with E-state index in [0.717, 1.165) is 43.7 Å².